The highest BCUT2D eigenvalue weighted by Crippen LogP contribution is 2.24. The minimum absolute atomic E-state index is 0.152. The number of carbonyl (C=O) groups is 2. The first-order chi connectivity index (χ1) is 16.5. The van der Waals surface area contributed by atoms with Gasteiger partial charge in [-0.2, -0.15) is 0 Å². The fourth-order valence-corrected chi connectivity index (χ4v) is 4.17. The van der Waals surface area contributed by atoms with Gasteiger partial charge in [0.2, 0.25) is 0 Å². The molecular weight excluding hydrogens is 457 g/mol. The average Bonchev–Trinajstić information content (AvgIpc) is 2.87. The van der Waals surface area contributed by atoms with Crippen molar-refractivity contribution in [3.05, 3.63) is 89.5 Å². The monoisotopic (exact) mass is 481 g/mol. The molecule has 0 bridgehead atoms. The molecular formula is C25H25ClFN5O2. The molecule has 2 N–H and O–H groups in total. The van der Waals surface area contributed by atoms with Crippen LogP contribution in [0.5, 0.6) is 0 Å². The van der Waals surface area contributed by atoms with E-state index in [2.05, 4.69) is 25.4 Å². The first-order valence-electron chi connectivity index (χ1n) is 11.0. The zero-order chi connectivity index (χ0) is 23.9. The largest absolute Gasteiger partial charge is 0.369 e. The van der Waals surface area contributed by atoms with Gasteiger partial charge in [-0.3, -0.25) is 19.5 Å². The zero-order valence-electron chi connectivity index (χ0n) is 18.5. The lowest BCUT2D eigenvalue weighted by Gasteiger charge is -2.40. The van der Waals surface area contributed by atoms with E-state index in [1.165, 1.54) is 12.1 Å². The third-order valence-corrected chi connectivity index (χ3v) is 6.13. The number of para-hydroxylation sites is 1. The highest BCUT2D eigenvalue weighted by molar-refractivity contribution is 6.41. The van der Waals surface area contributed by atoms with Crippen LogP contribution >= 0.6 is 11.6 Å². The number of aromatic nitrogens is 1. The fraction of sp³-hybridized carbons (Fsp3) is 0.240. The molecule has 0 saturated carbocycles. The van der Waals surface area contributed by atoms with Gasteiger partial charge in [-0.25, -0.2) is 4.39 Å². The van der Waals surface area contributed by atoms with Crippen LogP contribution in [0.15, 0.2) is 73.1 Å². The quantitative estimate of drug-likeness (QED) is 0.527. The summed E-state index contributed by atoms with van der Waals surface area (Å²) in [6.45, 7) is 3.22. The maximum atomic E-state index is 13.3. The van der Waals surface area contributed by atoms with E-state index in [1.54, 1.807) is 48.8 Å². The summed E-state index contributed by atoms with van der Waals surface area (Å²) in [5.74, 6) is -1.77. The normalized spacial score (nSPS) is 14.9. The van der Waals surface area contributed by atoms with Crippen molar-refractivity contribution in [1.82, 2.24) is 15.2 Å². The SMILES string of the molecule is O=C(NC[C@H](c1cccnc1)N1CCN(c2ccc(F)cc2)CC1)C(=O)Nc1ccccc1Cl. The average molecular weight is 482 g/mol. The van der Waals surface area contributed by atoms with Gasteiger partial charge in [-0.1, -0.05) is 29.8 Å². The number of hydrogen-bond acceptors (Lipinski definition) is 5. The Morgan fingerprint density at radius 2 is 1.71 bits per heavy atom. The Kier molecular flexibility index (Phi) is 7.72. The van der Waals surface area contributed by atoms with Crippen molar-refractivity contribution in [3.8, 4) is 0 Å². The number of carbonyl (C=O) groups excluding carboxylic acids is 2. The van der Waals surface area contributed by atoms with E-state index in [9.17, 15) is 14.0 Å². The number of benzene rings is 2. The molecule has 1 aromatic heterocycles. The Morgan fingerprint density at radius 3 is 2.38 bits per heavy atom. The maximum absolute atomic E-state index is 13.3. The van der Waals surface area contributed by atoms with E-state index in [4.69, 9.17) is 11.6 Å². The molecule has 34 heavy (non-hydrogen) atoms. The first kappa shape index (κ1) is 23.7. The van der Waals surface area contributed by atoms with Crippen molar-refractivity contribution in [2.24, 2.45) is 0 Å². The maximum Gasteiger partial charge on any atom is 0.313 e. The van der Waals surface area contributed by atoms with E-state index in [1.807, 2.05) is 12.1 Å². The summed E-state index contributed by atoms with van der Waals surface area (Å²) in [6.07, 6.45) is 3.47. The number of amides is 2. The lowest BCUT2D eigenvalue weighted by atomic mass is 10.1. The van der Waals surface area contributed by atoms with Crippen LogP contribution in [0.25, 0.3) is 0 Å². The van der Waals surface area contributed by atoms with Crippen LogP contribution in [-0.2, 0) is 9.59 Å². The molecule has 1 aliphatic rings. The molecule has 0 spiro atoms. The number of nitrogens with zero attached hydrogens (tertiary/aromatic N) is 3. The van der Waals surface area contributed by atoms with Crippen LogP contribution in [0.3, 0.4) is 0 Å². The highest BCUT2D eigenvalue weighted by Gasteiger charge is 2.27. The number of anilines is 2. The van der Waals surface area contributed by atoms with Crippen LogP contribution < -0.4 is 15.5 Å². The molecule has 9 heteroatoms. The Morgan fingerprint density at radius 1 is 0.971 bits per heavy atom. The summed E-state index contributed by atoms with van der Waals surface area (Å²) in [5, 5.41) is 5.64. The zero-order valence-corrected chi connectivity index (χ0v) is 19.2. The molecule has 1 atom stereocenters. The second-order valence-corrected chi connectivity index (χ2v) is 8.35. The third kappa shape index (κ3) is 5.89. The van der Waals surface area contributed by atoms with E-state index in [0.29, 0.717) is 10.7 Å². The molecule has 1 saturated heterocycles. The number of piperazine rings is 1. The molecule has 3 aromatic rings. The number of hydrogen-bond donors (Lipinski definition) is 2. The minimum atomic E-state index is -0.779. The van der Waals surface area contributed by atoms with E-state index < -0.39 is 11.8 Å². The summed E-state index contributed by atoms with van der Waals surface area (Å²) in [7, 11) is 0. The Labute approximate surface area is 202 Å². The Bertz CT molecular complexity index is 1120. The molecule has 2 heterocycles. The van der Waals surface area contributed by atoms with Gasteiger partial charge in [0, 0.05) is 50.8 Å². The van der Waals surface area contributed by atoms with Gasteiger partial charge in [0.25, 0.3) is 0 Å². The van der Waals surface area contributed by atoms with Gasteiger partial charge in [0.1, 0.15) is 5.82 Å². The molecule has 1 fully saturated rings. The summed E-state index contributed by atoms with van der Waals surface area (Å²) in [5.41, 5.74) is 2.30. The predicted octanol–water partition coefficient (Wildman–Crippen LogP) is 3.49. The van der Waals surface area contributed by atoms with Gasteiger partial charge in [0.05, 0.1) is 16.8 Å². The summed E-state index contributed by atoms with van der Waals surface area (Å²) < 4.78 is 13.3. The van der Waals surface area contributed by atoms with E-state index >= 15 is 0 Å². The Hall–Kier alpha value is -3.49. The second kappa shape index (κ2) is 11.1. The minimum Gasteiger partial charge on any atom is -0.369 e. The van der Waals surface area contributed by atoms with Gasteiger partial charge in [0.15, 0.2) is 0 Å². The van der Waals surface area contributed by atoms with Crippen LogP contribution in [0.4, 0.5) is 15.8 Å². The molecule has 2 aromatic carbocycles. The van der Waals surface area contributed by atoms with Crippen LogP contribution in [-0.4, -0.2) is 54.4 Å². The topological polar surface area (TPSA) is 77.6 Å². The first-order valence-corrected chi connectivity index (χ1v) is 11.4. The molecule has 7 nitrogen and oxygen atoms in total. The van der Waals surface area contributed by atoms with Crippen LogP contribution in [0.1, 0.15) is 11.6 Å². The number of nitrogens with one attached hydrogen (secondary N) is 2. The smallest absolute Gasteiger partial charge is 0.313 e. The summed E-state index contributed by atoms with van der Waals surface area (Å²) >= 11 is 6.06. The number of rotatable bonds is 6. The number of pyridine rings is 1. The molecule has 0 aliphatic carbocycles. The van der Waals surface area contributed by atoms with Gasteiger partial charge < -0.3 is 15.5 Å². The lowest BCUT2D eigenvalue weighted by Crippen LogP contribution is -2.50. The summed E-state index contributed by atoms with van der Waals surface area (Å²) in [4.78, 5) is 33.5. The van der Waals surface area contributed by atoms with Crippen molar-refractivity contribution in [3.63, 3.8) is 0 Å². The summed E-state index contributed by atoms with van der Waals surface area (Å²) in [6, 6.07) is 16.9. The number of halogens is 2. The molecule has 176 valence electrons. The Balaban J connectivity index is 1.39. The van der Waals surface area contributed by atoms with Gasteiger partial charge >= 0.3 is 11.8 Å². The molecule has 1 aliphatic heterocycles. The van der Waals surface area contributed by atoms with Crippen molar-refractivity contribution < 1.29 is 14.0 Å². The highest BCUT2D eigenvalue weighted by atomic mass is 35.5. The molecule has 4 rings (SSSR count). The van der Waals surface area contributed by atoms with Crippen molar-refractivity contribution in [2.45, 2.75) is 6.04 Å². The molecule has 0 unspecified atom stereocenters. The van der Waals surface area contributed by atoms with Gasteiger partial charge in [-0.15, -0.1) is 0 Å². The van der Waals surface area contributed by atoms with Crippen LogP contribution in [0.2, 0.25) is 5.02 Å². The van der Waals surface area contributed by atoms with Crippen molar-refractivity contribution >= 4 is 34.8 Å². The van der Waals surface area contributed by atoms with E-state index in [-0.39, 0.29) is 18.4 Å². The molecule has 0 radical (unpaired) electrons. The van der Waals surface area contributed by atoms with E-state index in [0.717, 1.165) is 37.4 Å². The van der Waals surface area contributed by atoms with Crippen molar-refractivity contribution in [2.75, 3.05) is 42.9 Å². The van der Waals surface area contributed by atoms with Gasteiger partial charge in [-0.05, 0) is 48.0 Å². The fourth-order valence-electron chi connectivity index (χ4n) is 3.99. The van der Waals surface area contributed by atoms with Crippen LogP contribution in [0, 0.1) is 5.82 Å². The lowest BCUT2D eigenvalue weighted by molar-refractivity contribution is -0.136. The van der Waals surface area contributed by atoms with Crippen molar-refractivity contribution in [1.29, 1.82) is 0 Å². The predicted molar refractivity (Wildman–Crippen MR) is 130 cm³/mol. The third-order valence-electron chi connectivity index (χ3n) is 5.80. The molecule has 2 amide bonds. The second-order valence-electron chi connectivity index (χ2n) is 7.95. The standard InChI is InChI=1S/C25H25ClFN5O2/c26-21-5-1-2-6-22(21)30-25(34)24(33)29-17-23(18-4-3-11-28-16-18)32-14-12-31(13-15-32)20-9-7-19(27)8-10-20/h1-11,16,23H,12-15,17H2,(H,29,33)(H,30,34)/t23-/m1/s1.